The molecule has 0 spiro atoms. The summed E-state index contributed by atoms with van der Waals surface area (Å²) in [6.45, 7) is 0. The Balaban J connectivity index is 2.17. The van der Waals surface area contributed by atoms with E-state index in [9.17, 15) is 5.11 Å². The number of nitrogen functional groups attached to an aromatic ring is 1. The molecule has 1 aromatic rings. The number of rotatable bonds is 4. The van der Waals surface area contributed by atoms with Crippen molar-refractivity contribution in [3.63, 3.8) is 0 Å². The second kappa shape index (κ2) is 5.93. The Morgan fingerprint density at radius 1 is 1.37 bits per heavy atom. The van der Waals surface area contributed by atoms with E-state index >= 15 is 0 Å². The van der Waals surface area contributed by atoms with Gasteiger partial charge in [-0.1, -0.05) is 0 Å². The molecule has 1 aromatic carbocycles. The van der Waals surface area contributed by atoms with E-state index in [0.717, 1.165) is 42.6 Å². The first-order chi connectivity index (χ1) is 9.13. The summed E-state index contributed by atoms with van der Waals surface area (Å²) in [5.41, 5.74) is 9.17. The van der Waals surface area contributed by atoms with Crippen molar-refractivity contribution in [3.05, 3.63) is 17.7 Å². The number of benzene rings is 1. The summed E-state index contributed by atoms with van der Waals surface area (Å²) in [6.07, 6.45) is 4.82. The van der Waals surface area contributed by atoms with Gasteiger partial charge in [-0.3, -0.25) is 0 Å². The number of aliphatic hydroxyl groups excluding tert-OH is 1. The van der Waals surface area contributed by atoms with Gasteiger partial charge in [-0.05, 0) is 37.8 Å². The second-order valence-corrected chi connectivity index (χ2v) is 5.08. The molecule has 0 saturated heterocycles. The van der Waals surface area contributed by atoms with Gasteiger partial charge in [0.15, 0.2) is 0 Å². The minimum absolute atomic E-state index is 0.211. The summed E-state index contributed by atoms with van der Waals surface area (Å²) < 4.78 is 0. The van der Waals surface area contributed by atoms with E-state index < -0.39 is 0 Å². The Kier molecular flexibility index (Phi) is 4.27. The van der Waals surface area contributed by atoms with Gasteiger partial charge in [0.1, 0.15) is 0 Å². The van der Waals surface area contributed by atoms with Gasteiger partial charge in [-0.25, -0.2) is 0 Å². The largest absolute Gasteiger partial charge is 0.397 e. The van der Waals surface area contributed by atoms with Crippen LogP contribution in [0.25, 0.3) is 0 Å². The standard InChI is InChI=1S/C14H22N4O/c1-17-13-7-14(12(16)5-9(13)8-15)18-10-3-2-4-11(19)6-10/h5,7-8,10-11,15,17-19H,2-4,6,16H2,1H3. The molecule has 19 heavy (non-hydrogen) atoms. The van der Waals surface area contributed by atoms with Crippen molar-refractivity contribution in [2.75, 3.05) is 23.4 Å². The lowest BCUT2D eigenvalue weighted by molar-refractivity contribution is 0.124. The molecular formula is C14H22N4O. The highest BCUT2D eigenvalue weighted by Gasteiger charge is 2.20. The van der Waals surface area contributed by atoms with Crippen molar-refractivity contribution in [1.29, 1.82) is 5.41 Å². The Labute approximate surface area is 113 Å². The van der Waals surface area contributed by atoms with Crippen molar-refractivity contribution < 1.29 is 5.11 Å². The number of nitrogens with one attached hydrogen (secondary N) is 3. The fourth-order valence-corrected chi connectivity index (χ4v) is 2.61. The monoisotopic (exact) mass is 262 g/mol. The number of aliphatic hydroxyl groups is 1. The molecule has 2 unspecified atom stereocenters. The molecule has 2 atom stereocenters. The molecule has 1 aliphatic carbocycles. The van der Waals surface area contributed by atoms with Crippen LogP contribution in [0.15, 0.2) is 12.1 Å². The number of nitrogens with two attached hydrogens (primary N) is 1. The van der Waals surface area contributed by atoms with Gasteiger partial charge in [0.2, 0.25) is 0 Å². The van der Waals surface area contributed by atoms with Gasteiger partial charge in [-0.15, -0.1) is 0 Å². The Morgan fingerprint density at radius 2 is 2.16 bits per heavy atom. The molecule has 0 aliphatic heterocycles. The fraction of sp³-hybridized carbons (Fsp3) is 0.500. The van der Waals surface area contributed by atoms with Crippen molar-refractivity contribution >= 4 is 23.3 Å². The van der Waals surface area contributed by atoms with Gasteiger partial charge >= 0.3 is 0 Å². The quantitative estimate of drug-likeness (QED) is 0.424. The van der Waals surface area contributed by atoms with Crippen LogP contribution in [0.5, 0.6) is 0 Å². The summed E-state index contributed by atoms with van der Waals surface area (Å²) in [6, 6.07) is 3.98. The highest BCUT2D eigenvalue weighted by Crippen LogP contribution is 2.29. The third kappa shape index (κ3) is 3.17. The minimum Gasteiger partial charge on any atom is -0.397 e. The molecule has 0 amide bonds. The van der Waals surface area contributed by atoms with Crippen LogP contribution in [-0.4, -0.2) is 30.5 Å². The van der Waals surface area contributed by atoms with E-state index in [1.807, 2.05) is 13.1 Å². The van der Waals surface area contributed by atoms with Crippen LogP contribution in [0.2, 0.25) is 0 Å². The van der Waals surface area contributed by atoms with E-state index in [1.54, 1.807) is 6.07 Å². The molecule has 2 rings (SSSR count). The van der Waals surface area contributed by atoms with Crippen LogP contribution in [0.4, 0.5) is 17.1 Å². The average Bonchev–Trinajstić information content (AvgIpc) is 2.40. The van der Waals surface area contributed by atoms with Crippen molar-refractivity contribution in [1.82, 2.24) is 0 Å². The van der Waals surface area contributed by atoms with Gasteiger partial charge < -0.3 is 26.9 Å². The number of hydrogen-bond donors (Lipinski definition) is 5. The molecule has 0 bridgehead atoms. The predicted octanol–water partition coefficient (Wildman–Crippen LogP) is 2.02. The van der Waals surface area contributed by atoms with Crippen LogP contribution in [-0.2, 0) is 0 Å². The van der Waals surface area contributed by atoms with Crippen molar-refractivity contribution in [2.24, 2.45) is 0 Å². The molecule has 1 fully saturated rings. The lowest BCUT2D eigenvalue weighted by atomic mass is 9.92. The fourth-order valence-electron chi connectivity index (χ4n) is 2.61. The van der Waals surface area contributed by atoms with E-state index in [1.165, 1.54) is 6.21 Å². The first kappa shape index (κ1) is 13.7. The first-order valence-corrected chi connectivity index (χ1v) is 6.70. The highest BCUT2D eigenvalue weighted by atomic mass is 16.3. The van der Waals surface area contributed by atoms with Crippen LogP contribution in [0.3, 0.4) is 0 Å². The minimum atomic E-state index is -0.211. The first-order valence-electron chi connectivity index (χ1n) is 6.70. The average molecular weight is 262 g/mol. The summed E-state index contributed by atoms with van der Waals surface area (Å²) >= 11 is 0. The van der Waals surface area contributed by atoms with Gasteiger partial charge in [0.05, 0.1) is 17.5 Å². The Hall–Kier alpha value is -1.75. The molecule has 104 valence electrons. The lowest BCUT2D eigenvalue weighted by Gasteiger charge is -2.28. The molecule has 0 heterocycles. The molecule has 6 N–H and O–H groups in total. The summed E-state index contributed by atoms with van der Waals surface area (Å²) in [5, 5.41) is 23.5. The summed E-state index contributed by atoms with van der Waals surface area (Å²) in [7, 11) is 1.83. The van der Waals surface area contributed by atoms with E-state index in [0.29, 0.717) is 5.69 Å². The third-order valence-electron chi connectivity index (χ3n) is 3.65. The van der Waals surface area contributed by atoms with Crippen LogP contribution in [0.1, 0.15) is 31.2 Å². The van der Waals surface area contributed by atoms with E-state index in [4.69, 9.17) is 11.1 Å². The molecule has 5 heteroatoms. The highest BCUT2D eigenvalue weighted by molar-refractivity contribution is 5.91. The Bertz CT molecular complexity index is 461. The van der Waals surface area contributed by atoms with Crippen LogP contribution >= 0.6 is 0 Å². The summed E-state index contributed by atoms with van der Waals surface area (Å²) in [4.78, 5) is 0. The van der Waals surface area contributed by atoms with Crippen molar-refractivity contribution in [3.8, 4) is 0 Å². The smallest absolute Gasteiger partial charge is 0.0597 e. The molecule has 0 aromatic heterocycles. The van der Waals surface area contributed by atoms with Crippen molar-refractivity contribution in [2.45, 2.75) is 37.8 Å². The topological polar surface area (TPSA) is 94.2 Å². The second-order valence-electron chi connectivity index (χ2n) is 5.08. The maximum atomic E-state index is 9.70. The van der Waals surface area contributed by atoms with E-state index in [-0.39, 0.29) is 12.1 Å². The maximum absolute atomic E-state index is 9.70. The zero-order chi connectivity index (χ0) is 13.8. The SMILES string of the molecule is CNc1cc(NC2CCCC(O)C2)c(N)cc1C=N. The molecular weight excluding hydrogens is 240 g/mol. The molecule has 1 saturated carbocycles. The number of hydrogen-bond acceptors (Lipinski definition) is 5. The lowest BCUT2D eigenvalue weighted by Crippen LogP contribution is -2.30. The predicted molar refractivity (Wildman–Crippen MR) is 80.2 cm³/mol. The normalized spacial score (nSPS) is 22.8. The maximum Gasteiger partial charge on any atom is 0.0597 e. The zero-order valence-electron chi connectivity index (χ0n) is 11.2. The number of anilines is 3. The van der Waals surface area contributed by atoms with Crippen LogP contribution in [0, 0.1) is 5.41 Å². The Morgan fingerprint density at radius 3 is 2.79 bits per heavy atom. The molecule has 0 radical (unpaired) electrons. The third-order valence-corrected chi connectivity index (χ3v) is 3.65. The van der Waals surface area contributed by atoms with Gasteiger partial charge in [-0.2, -0.15) is 0 Å². The van der Waals surface area contributed by atoms with Gasteiger partial charge in [0.25, 0.3) is 0 Å². The summed E-state index contributed by atoms with van der Waals surface area (Å²) in [5.74, 6) is 0. The van der Waals surface area contributed by atoms with E-state index in [2.05, 4.69) is 10.6 Å². The van der Waals surface area contributed by atoms with Crippen LogP contribution < -0.4 is 16.4 Å². The molecule has 1 aliphatic rings. The zero-order valence-corrected chi connectivity index (χ0v) is 11.2. The molecule has 5 nitrogen and oxygen atoms in total. The van der Waals surface area contributed by atoms with Gasteiger partial charge in [0, 0.05) is 30.6 Å².